The average Bonchev–Trinajstić information content (AvgIpc) is 2.68. The monoisotopic (exact) mass is 435 g/mol. The molecule has 0 amide bonds. The number of alkyl halides is 2. The van der Waals surface area contributed by atoms with Gasteiger partial charge in [0.15, 0.2) is 0 Å². The lowest BCUT2D eigenvalue weighted by Crippen LogP contribution is -2.30. The molecule has 1 nitrogen and oxygen atoms in total. The summed E-state index contributed by atoms with van der Waals surface area (Å²) in [7, 11) is 0. The Morgan fingerprint density at radius 1 is 1.00 bits per heavy atom. The van der Waals surface area contributed by atoms with Crippen molar-refractivity contribution in [1.29, 1.82) is 0 Å². The average molecular weight is 436 g/mol. The number of benzene rings is 2. The Morgan fingerprint density at radius 3 is 2.19 bits per heavy atom. The highest BCUT2D eigenvalue weighted by Gasteiger charge is 2.28. The van der Waals surface area contributed by atoms with Gasteiger partial charge in [-0.05, 0) is 39.7 Å². The van der Waals surface area contributed by atoms with Crippen molar-refractivity contribution in [3.63, 3.8) is 0 Å². The Morgan fingerprint density at radius 2 is 1.59 bits per heavy atom. The Labute approximate surface area is 166 Å². The Bertz CT molecular complexity index is 857. The largest absolute Gasteiger partial charge is 0.334 e. The molecule has 0 unspecified atom stereocenters. The van der Waals surface area contributed by atoms with E-state index in [4.69, 9.17) is 0 Å². The van der Waals surface area contributed by atoms with Crippen LogP contribution in [0.3, 0.4) is 0 Å². The molecule has 0 aliphatic carbocycles. The first-order chi connectivity index (χ1) is 13.0. The second-order valence-corrected chi connectivity index (χ2v) is 6.40. The van der Waals surface area contributed by atoms with Gasteiger partial charge >= 0.3 is 0 Å². The summed E-state index contributed by atoms with van der Waals surface area (Å²) in [6.45, 7) is 7.32. The van der Waals surface area contributed by atoms with Crippen molar-refractivity contribution in [2.75, 3.05) is 6.54 Å². The summed E-state index contributed by atoms with van der Waals surface area (Å²) < 4.78 is 41.5. The fourth-order valence-electron chi connectivity index (χ4n) is 2.81. The van der Waals surface area contributed by atoms with Crippen molar-refractivity contribution in [3.8, 4) is 0 Å². The third-order valence-electron chi connectivity index (χ3n) is 3.93. The summed E-state index contributed by atoms with van der Waals surface area (Å²) in [4.78, 5) is 1.37. The van der Waals surface area contributed by atoms with Crippen molar-refractivity contribution < 1.29 is 13.2 Å². The lowest BCUT2D eigenvalue weighted by atomic mass is 9.94. The molecule has 0 saturated heterocycles. The minimum Gasteiger partial charge on any atom is -0.334 e. The molecule has 5 heteroatoms. The zero-order valence-corrected chi connectivity index (χ0v) is 16.8. The van der Waals surface area contributed by atoms with Gasteiger partial charge in [-0.1, -0.05) is 62.9 Å². The number of halogens is 4. The predicted molar refractivity (Wildman–Crippen MR) is 110 cm³/mol. The van der Waals surface area contributed by atoms with Gasteiger partial charge in [-0.3, -0.25) is 0 Å². The minimum atomic E-state index is -2.59. The van der Waals surface area contributed by atoms with Gasteiger partial charge in [0.05, 0.1) is 12.2 Å². The van der Waals surface area contributed by atoms with E-state index in [1.807, 2.05) is 44.2 Å². The highest BCUT2D eigenvalue weighted by Crippen LogP contribution is 2.41. The zero-order valence-electron chi connectivity index (χ0n) is 15.2. The van der Waals surface area contributed by atoms with Crippen LogP contribution in [0, 0.1) is 5.82 Å². The van der Waals surface area contributed by atoms with Crippen LogP contribution in [-0.2, 0) is 0 Å². The van der Waals surface area contributed by atoms with Crippen LogP contribution < -0.4 is 0 Å². The molecule has 1 heterocycles. The molecule has 1 aliphatic heterocycles. The second kappa shape index (κ2) is 9.60. The molecule has 142 valence electrons. The van der Waals surface area contributed by atoms with Gasteiger partial charge in [-0.2, -0.15) is 0 Å². The van der Waals surface area contributed by atoms with Gasteiger partial charge in [0.1, 0.15) is 5.82 Å². The van der Waals surface area contributed by atoms with Crippen LogP contribution in [0.25, 0.3) is 11.3 Å². The van der Waals surface area contributed by atoms with Crippen molar-refractivity contribution in [2.24, 2.45) is 0 Å². The molecule has 1 aliphatic rings. The van der Waals surface area contributed by atoms with Crippen LogP contribution >= 0.6 is 15.9 Å². The standard InChI is InChI=1S/C20H15BrF3N.C2H6/c1-13-17(21)11-16(14-7-3-2-4-8-14)20(25(13)12-19(23)24)15-9-5-6-10-18(15)22;1-2/h2-11,19H,1,12H2;1-2H3. The molecule has 2 aromatic rings. The zero-order chi connectivity index (χ0) is 20.0. The van der Waals surface area contributed by atoms with Gasteiger partial charge < -0.3 is 4.90 Å². The number of hydrogen-bond acceptors (Lipinski definition) is 1. The van der Waals surface area contributed by atoms with E-state index in [0.29, 0.717) is 21.4 Å². The van der Waals surface area contributed by atoms with Crippen LogP contribution in [0.5, 0.6) is 0 Å². The quantitative estimate of drug-likeness (QED) is 0.495. The van der Waals surface area contributed by atoms with E-state index in [9.17, 15) is 13.2 Å². The van der Waals surface area contributed by atoms with Crippen LogP contribution in [0.1, 0.15) is 25.0 Å². The predicted octanol–water partition coefficient (Wildman–Crippen LogP) is 7.09. The second-order valence-electron chi connectivity index (χ2n) is 5.55. The number of allylic oxidation sites excluding steroid dienone is 3. The Kier molecular flexibility index (Phi) is 7.48. The van der Waals surface area contributed by atoms with E-state index >= 15 is 0 Å². The molecule has 0 spiro atoms. The maximum absolute atomic E-state index is 14.5. The van der Waals surface area contributed by atoms with E-state index in [1.54, 1.807) is 24.3 Å². The summed E-state index contributed by atoms with van der Waals surface area (Å²) in [5.74, 6) is -0.468. The third kappa shape index (κ3) is 4.72. The van der Waals surface area contributed by atoms with Gasteiger partial charge in [-0.25, -0.2) is 13.2 Å². The van der Waals surface area contributed by atoms with Crippen molar-refractivity contribution >= 4 is 27.2 Å². The van der Waals surface area contributed by atoms with Gasteiger partial charge in [-0.15, -0.1) is 0 Å². The fourth-order valence-corrected chi connectivity index (χ4v) is 3.25. The topological polar surface area (TPSA) is 3.24 Å². The van der Waals surface area contributed by atoms with E-state index in [2.05, 4.69) is 22.5 Å². The van der Waals surface area contributed by atoms with E-state index in [1.165, 1.54) is 11.0 Å². The first kappa shape index (κ1) is 21.0. The maximum Gasteiger partial charge on any atom is 0.256 e. The van der Waals surface area contributed by atoms with Crippen molar-refractivity contribution in [3.05, 3.63) is 94.4 Å². The molecule has 0 bridgehead atoms. The first-order valence-electron chi connectivity index (χ1n) is 8.66. The van der Waals surface area contributed by atoms with Crippen LogP contribution in [-0.4, -0.2) is 17.9 Å². The first-order valence-corrected chi connectivity index (χ1v) is 9.45. The number of hydrogen-bond donors (Lipinski definition) is 0. The molecule has 2 aromatic carbocycles. The third-order valence-corrected chi connectivity index (χ3v) is 4.62. The maximum atomic E-state index is 14.5. The molecule has 0 saturated carbocycles. The lowest BCUT2D eigenvalue weighted by Gasteiger charge is -2.34. The van der Waals surface area contributed by atoms with E-state index in [0.717, 1.165) is 5.56 Å². The Balaban J connectivity index is 0.00000126. The van der Waals surface area contributed by atoms with Crippen molar-refractivity contribution in [2.45, 2.75) is 20.3 Å². The molecule has 0 atom stereocenters. The van der Waals surface area contributed by atoms with E-state index in [-0.39, 0.29) is 5.56 Å². The lowest BCUT2D eigenvalue weighted by molar-refractivity contribution is 0.123. The van der Waals surface area contributed by atoms with Crippen LogP contribution in [0.15, 0.2) is 77.4 Å². The van der Waals surface area contributed by atoms with Crippen molar-refractivity contribution in [1.82, 2.24) is 4.90 Å². The molecule has 0 N–H and O–H groups in total. The van der Waals surface area contributed by atoms with Crippen LogP contribution in [0.4, 0.5) is 13.2 Å². The molecular weight excluding hydrogens is 415 g/mol. The highest BCUT2D eigenvalue weighted by atomic mass is 79.9. The number of nitrogens with zero attached hydrogens (tertiary/aromatic N) is 1. The molecule has 3 rings (SSSR count). The SMILES string of the molecule is C=C1C(Br)=CC(c2ccccc2)=C(c2ccccc2F)N1CC(F)F.CC. The van der Waals surface area contributed by atoms with Gasteiger partial charge in [0.25, 0.3) is 6.43 Å². The minimum absolute atomic E-state index is 0.263. The van der Waals surface area contributed by atoms with E-state index < -0.39 is 18.8 Å². The number of rotatable bonds is 4. The van der Waals surface area contributed by atoms with Gasteiger partial charge in [0.2, 0.25) is 0 Å². The van der Waals surface area contributed by atoms with Gasteiger partial charge in [0, 0.05) is 21.3 Å². The molecular formula is C22H21BrF3N. The normalized spacial score (nSPS) is 14.1. The fraction of sp³-hybridized carbons (Fsp3) is 0.182. The highest BCUT2D eigenvalue weighted by molar-refractivity contribution is 9.12. The Hall–Kier alpha value is -2.27. The molecule has 0 aromatic heterocycles. The summed E-state index contributed by atoms with van der Waals surface area (Å²) in [5.41, 5.74) is 2.49. The summed E-state index contributed by atoms with van der Waals surface area (Å²) in [6, 6.07) is 15.5. The molecule has 27 heavy (non-hydrogen) atoms. The smallest absolute Gasteiger partial charge is 0.256 e. The summed E-state index contributed by atoms with van der Waals surface area (Å²) in [5, 5.41) is 0. The molecule has 0 radical (unpaired) electrons. The van der Waals surface area contributed by atoms with Crippen LogP contribution in [0.2, 0.25) is 0 Å². The summed E-state index contributed by atoms with van der Waals surface area (Å²) in [6.07, 6.45) is -0.796. The summed E-state index contributed by atoms with van der Waals surface area (Å²) >= 11 is 3.39. The molecule has 0 fully saturated rings.